The second kappa shape index (κ2) is 10.4. The second-order valence-corrected chi connectivity index (χ2v) is 9.36. The summed E-state index contributed by atoms with van der Waals surface area (Å²) in [6, 6.07) is 21.7. The number of carbonyl (C=O) groups excluding carboxylic acids is 1. The number of nitrogens with zero attached hydrogens (tertiary/aromatic N) is 3. The molecule has 8 heteroatoms. The van der Waals surface area contributed by atoms with Gasteiger partial charge in [-0.3, -0.25) is 4.79 Å². The van der Waals surface area contributed by atoms with E-state index < -0.39 is 0 Å². The van der Waals surface area contributed by atoms with Crippen molar-refractivity contribution in [2.24, 2.45) is 5.10 Å². The van der Waals surface area contributed by atoms with Gasteiger partial charge in [0.15, 0.2) is 5.16 Å². The SMILES string of the molecule is C/C(=N\NC(=O)CSc1nc2ccccc2n1Cc1ccc(C)cc1)c1ccc(Cl)c(Cl)c1. The average molecular weight is 497 g/mol. The van der Waals surface area contributed by atoms with E-state index in [0.717, 1.165) is 21.8 Å². The number of halogens is 2. The van der Waals surface area contributed by atoms with Crippen LogP contribution in [-0.4, -0.2) is 26.9 Å². The molecular formula is C25H22Cl2N4OS. The quantitative estimate of drug-likeness (QED) is 0.184. The third-order valence-electron chi connectivity index (χ3n) is 5.10. The van der Waals surface area contributed by atoms with E-state index in [0.29, 0.717) is 22.3 Å². The average Bonchev–Trinajstić information content (AvgIpc) is 3.16. The number of para-hydroxylation sites is 2. The number of imidazole rings is 1. The maximum Gasteiger partial charge on any atom is 0.250 e. The number of amides is 1. The van der Waals surface area contributed by atoms with Gasteiger partial charge in [0.05, 0.1) is 39.1 Å². The largest absolute Gasteiger partial charge is 0.314 e. The highest BCUT2D eigenvalue weighted by atomic mass is 35.5. The summed E-state index contributed by atoms with van der Waals surface area (Å²) in [6.07, 6.45) is 0. The van der Waals surface area contributed by atoms with E-state index >= 15 is 0 Å². The molecule has 0 unspecified atom stereocenters. The summed E-state index contributed by atoms with van der Waals surface area (Å²) in [5.74, 6) is -0.0246. The number of aromatic nitrogens is 2. The Morgan fingerprint density at radius 1 is 1.06 bits per heavy atom. The first-order valence-electron chi connectivity index (χ1n) is 10.3. The molecule has 0 aliphatic carbocycles. The molecule has 4 aromatic rings. The molecule has 1 N–H and O–H groups in total. The number of aryl methyl sites for hydroxylation is 1. The number of thioether (sulfide) groups is 1. The molecule has 0 fully saturated rings. The smallest absolute Gasteiger partial charge is 0.250 e. The van der Waals surface area contributed by atoms with Crippen LogP contribution in [0.3, 0.4) is 0 Å². The molecule has 0 radical (unpaired) electrons. The molecule has 33 heavy (non-hydrogen) atoms. The molecule has 0 atom stereocenters. The van der Waals surface area contributed by atoms with E-state index in [1.807, 2.05) is 24.3 Å². The minimum absolute atomic E-state index is 0.190. The molecule has 168 valence electrons. The third kappa shape index (κ3) is 5.77. The van der Waals surface area contributed by atoms with Crippen molar-refractivity contribution < 1.29 is 4.79 Å². The van der Waals surface area contributed by atoms with Crippen LogP contribution in [0, 0.1) is 6.92 Å². The van der Waals surface area contributed by atoms with Crippen LogP contribution in [0.5, 0.6) is 0 Å². The van der Waals surface area contributed by atoms with Gasteiger partial charge < -0.3 is 4.57 Å². The van der Waals surface area contributed by atoms with Gasteiger partial charge in [0.2, 0.25) is 0 Å². The summed E-state index contributed by atoms with van der Waals surface area (Å²) in [4.78, 5) is 17.2. The highest BCUT2D eigenvalue weighted by molar-refractivity contribution is 7.99. The fourth-order valence-corrected chi connectivity index (χ4v) is 4.39. The van der Waals surface area contributed by atoms with Crippen LogP contribution in [0.25, 0.3) is 11.0 Å². The predicted octanol–water partition coefficient (Wildman–Crippen LogP) is 6.33. The van der Waals surface area contributed by atoms with Crippen LogP contribution >= 0.6 is 35.0 Å². The molecule has 0 spiro atoms. The summed E-state index contributed by atoms with van der Waals surface area (Å²) >= 11 is 13.4. The van der Waals surface area contributed by atoms with E-state index in [-0.39, 0.29) is 11.7 Å². The molecule has 1 heterocycles. The van der Waals surface area contributed by atoms with Crippen LogP contribution in [0.1, 0.15) is 23.6 Å². The summed E-state index contributed by atoms with van der Waals surface area (Å²) in [6.45, 7) is 4.55. The molecule has 0 aliphatic rings. The molecular weight excluding hydrogens is 475 g/mol. The minimum Gasteiger partial charge on any atom is -0.314 e. The Balaban J connectivity index is 1.46. The highest BCUT2D eigenvalue weighted by Crippen LogP contribution is 2.26. The highest BCUT2D eigenvalue weighted by Gasteiger charge is 2.13. The molecule has 1 aromatic heterocycles. The number of hydrogen-bond acceptors (Lipinski definition) is 4. The number of fused-ring (bicyclic) bond motifs is 1. The summed E-state index contributed by atoms with van der Waals surface area (Å²) < 4.78 is 2.14. The summed E-state index contributed by atoms with van der Waals surface area (Å²) in [5, 5.41) is 5.90. The lowest BCUT2D eigenvalue weighted by molar-refractivity contribution is -0.118. The maximum atomic E-state index is 12.5. The molecule has 0 aliphatic heterocycles. The standard InChI is InChI=1S/C25H22Cl2N4OS/c1-16-7-9-18(10-8-16)14-31-23-6-4-3-5-22(23)28-25(31)33-15-24(32)30-29-17(2)19-11-12-20(26)21(27)13-19/h3-13H,14-15H2,1-2H3,(H,30,32)/b29-17+. The number of hydrogen-bond donors (Lipinski definition) is 1. The number of nitrogens with one attached hydrogen (secondary N) is 1. The zero-order valence-corrected chi connectivity index (χ0v) is 20.5. The number of carbonyl (C=O) groups is 1. The van der Waals surface area contributed by atoms with Crippen LogP contribution < -0.4 is 5.43 Å². The Hall–Kier alpha value is -2.80. The Kier molecular flexibility index (Phi) is 7.38. The number of benzene rings is 3. The van der Waals surface area contributed by atoms with Gasteiger partial charge in [-0.2, -0.15) is 5.10 Å². The summed E-state index contributed by atoms with van der Waals surface area (Å²) in [5.41, 5.74) is 8.37. The van der Waals surface area contributed by atoms with Crippen molar-refractivity contribution in [1.82, 2.24) is 15.0 Å². The van der Waals surface area contributed by atoms with E-state index in [1.165, 1.54) is 22.9 Å². The fourth-order valence-electron chi connectivity index (χ4n) is 3.29. The van der Waals surface area contributed by atoms with Crippen molar-refractivity contribution in [3.63, 3.8) is 0 Å². The van der Waals surface area contributed by atoms with Crippen molar-refractivity contribution in [2.75, 3.05) is 5.75 Å². The van der Waals surface area contributed by atoms with Crippen molar-refractivity contribution in [3.05, 3.63) is 93.5 Å². The Bertz CT molecular complexity index is 1330. The minimum atomic E-state index is -0.214. The lowest BCUT2D eigenvalue weighted by Gasteiger charge is -2.09. The first-order valence-corrected chi connectivity index (χ1v) is 12.1. The van der Waals surface area contributed by atoms with Gasteiger partial charge in [0, 0.05) is 0 Å². The lowest BCUT2D eigenvalue weighted by atomic mass is 10.1. The zero-order chi connectivity index (χ0) is 23.4. The number of rotatable bonds is 7. The van der Waals surface area contributed by atoms with E-state index in [4.69, 9.17) is 28.2 Å². The van der Waals surface area contributed by atoms with Gasteiger partial charge in [-0.15, -0.1) is 0 Å². The van der Waals surface area contributed by atoms with Crippen LogP contribution in [0.2, 0.25) is 10.0 Å². The first-order chi connectivity index (χ1) is 15.9. The van der Waals surface area contributed by atoms with Crippen molar-refractivity contribution >= 4 is 57.6 Å². The molecule has 3 aromatic carbocycles. The fraction of sp³-hybridized carbons (Fsp3) is 0.160. The van der Waals surface area contributed by atoms with Crippen molar-refractivity contribution in [3.8, 4) is 0 Å². The van der Waals surface area contributed by atoms with Gasteiger partial charge in [-0.1, -0.05) is 83.0 Å². The van der Waals surface area contributed by atoms with Crippen molar-refractivity contribution in [2.45, 2.75) is 25.5 Å². The predicted molar refractivity (Wildman–Crippen MR) is 138 cm³/mol. The van der Waals surface area contributed by atoms with Crippen LogP contribution in [0.15, 0.2) is 77.0 Å². The normalized spacial score (nSPS) is 11.7. The Morgan fingerprint density at radius 2 is 1.82 bits per heavy atom. The van der Waals surface area contributed by atoms with Crippen LogP contribution in [0.4, 0.5) is 0 Å². The molecule has 1 amide bonds. The van der Waals surface area contributed by atoms with Gasteiger partial charge in [0.1, 0.15) is 0 Å². The van der Waals surface area contributed by atoms with E-state index in [2.05, 4.69) is 46.3 Å². The maximum absolute atomic E-state index is 12.5. The van der Waals surface area contributed by atoms with E-state index in [1.54, 1.807) is 25.1 Å². The number of hydrazone groups is 1. The van der Waals surface area contributed by atoms with Gasteiger partial charge in [-0.25, -0.2) is 10.4 Å². The first kappa shape index (κ1) is 23.4. The monoisotopic (exact) mass is 496 g/mol. The van der Waals surface area contributed by atoms with Crippen molar-refractivity contribution in [1.29, 1.82) is 0 Å². The molecule has 0 saturated heterocycles. The Labute approximate surface area is 206 Å². The third-order valence-corrected chi connectivity index (χ3v) is 6.81. The molecule has 0 bridgehead atoms. The zero-order valence-electron chi connectivity index (χ0n) is 18.2. The lowest BCUT2D eigenvalue weighted by Crippen LogP contribution is -2.21. The second-order valence-electron chi connectivity index (χ2n) is 7.60. The van der Waals surface area contributed by atoms with Gasteiger partial charge in [-0.05, 0) is 49.2 Å². The van der Waals surface area contributed by atoms with E-state index in [9.17, 15) is 4.79 Å². The molecule has 5 nitrogen and oxygen atoms in total. The Morgan fingerprint density at radius 3 is 2.58 bits per heavy atom. The topological polar surface area (TPSA) is 59.3 Å². The molecule has 0 saturated carbocycles. The molecule has 4 rings (SSSR count). The van der Waals surface area contributed by atoms with Gasteiger partial charge in [0.25, 0.3) is 5.91 Å². The summed E-state index contributed by atoms with van der Waals surface area (Å²) in [7, 11) is 0. The van der Waals surface area contributed by atoms with Gasteiger partial charge >= 0.3 is 0 Å². The van der Waals surface area contributed by atoms with Crippen LogP contribution in [-0.2, 0) is 11.3 Å².